The van der Waals surface area contributed by atoms with E-state index in [1.54, 1.807) is 24.3 Å². The average molecular weight is 503 g/mol. The topological polar surface area (TPSA) is 71.4 Å². The molecule has 0 heterocycles. The largest absolute Gasteiger partial charge is 0.506 e. The number of carbonyl (C=O) groups is 3. The Balaban J connectivity index is 2.43. The van der Waals surface area contributed by atoms with Crippen LogP contribution in [-0.4, -0.2) is 22.5 Å². The van der Waals surface area contributed by atoms with E-state index in [9.17, 15) is 19.5 Å². The first-order valence-electron chi connectivity index (χ1n) is 13.3. The second-order valence-corrected chi connectivity index (χ2v) is 12.2. The SMILES string of the molecule is CC(C)=CC[C@H]1C[C@]2(CC=C(C)C)C(=O)C(=C(O)c3ccccc3)C(=O)[C@](CC=C(C)C)(C2=O)C1(C)C. The molecule has 0 unspecified atom stereocenters. The third-order valence-electron chi connectivity index (χ3n) is 8.58. The number of rotatable bonds is 7. The molecule has 1 aromatic rings. The molecule has 0 amide bonds. The van der Waals surface area contributed by atoms with Crippen LogP contribution < -0.4 is 0 Å². The maximum Gasteiger partial charge on any atom is 0.184 e. The molecule has 1 N–H and O–H groups in total. The molecule has 3 atom stereocenters. The van der Waals surface area contributed by atoms with Crippen LogP contribution in [0.3, 0.4) is 0 Å². The summed E-state index contributed by atoms with van der Waals surface area (Å²) in [5, 5.41) is 11.4. The van der Waals surface area contributed by atoms with Crippen LogP contribution in [-0.2, 0) is 14.4 Å². The molecule has 0 aromatic heterocycles. The molecule has 0 spiro atoms. The average Bonchev–Trinajstić information content (AvgIpc) is 2.82. The minimum Gasteiger partial charge on any atom is -0.506 e. The van der Waals surface area contributed by atoms with Gasteiger partial charge in [0, 0.05) is 5.56 Å². The van der Waals surface area contributed by atoms with Crippen LogP contribution in [0.4, 0.5) is 0 Å². The van der Waals surface area contributed by atoms with Gasteiger partial charge in [0.2, 0.25) is 0 Å². The van der Waals surface area contributed by atoms with Crippen LogP contribution in [0.25, 0.3) is 5.76 Å². The maximum atomic E-state index is 14.7. The number of hydrogen-bond acceptors (Lipinski definition) is 4. The van der Waals surface area contributed by atoms with Gasteiger partial charge in [-0.25, -0.2) is 0 Å². The van der Waals surface area contributed by atoms with Crippen LogP contribution in [0.1, 0.15) is 86.6 Å². The number of benzene rings is 1. The highest BCUT2D eigenvalue weighted by molar-refractivity contribution is 6.41. The van der Waals surface area contributed by atoms with Crippen molar-refractivity contribution in [1.29, 1.82) is 0 Å². The smallest absolute Gasteiger partial charge is 0.184 e. The summed E-state index contributed by atoms with van der Waals surface area (Å²) in [4.78, 5) is 43.6. The Morgan fingerprint density at radius 3 is 1.92 bits per heavy atom. The van der Waals surface area contributed by atoms with Gasteiger partial charge >= 0.3 is 0 Å². The minimum atomic E-state index is -1.45. The van der Waals surface area contributed by atoms with Crippen molar-refractivity contribution in [3.63, 3.8) is 0 Å². The molecule has 2 fully saturated rings. The lowest BCUT2D eigenvalue weighted by Gasteiger charge is -2.60. The summed E-state index contributed by atoms with van der Waals surface area (Å²) in [5.41, 5.74) is -0.236. The highest BCUT2D eigenvalue weighted by atomic mass is 16.3. The number of aliphatic hydroxyl groups is 1. The summed E-state index contributed by atoms with van der Waals surface area (Å²) in [6.45, 7) is 15.9. The number of ketones is 3. The van der Waals surface area contributed by atoms with Gasteiger partial charge in [0.1, 0.15) is 16.7 Å². The third-order valence-corrected chi connectivity index (χ3v) is 8.58. The molecule has 2 aliphatic carbocycles. The van der Waals surface area contributed by atoms with Crippen LogP contribution >= 0.6 is 0 Å². The predicted octanol–water partition coefficient (Wildman–Crippen LogP) is 7.76. The third kappa shape index (κ3) is 4.71. The molecule has 2 aliphatic rings. The fourth-order valence-electron chi connectivity index (χ4n) is 6.13. The lowest BCUT2D eigenvalue weighted by Crippen LogP contribution is -2.69. The van der Waals surface area contributed by atoms with Gasteiger partial charge in [-0.1, -0.05) is 79.1 Å². The fourth-order valence-corrected chi connectivity index (χ4v) is 6.13. The maximum absolute atomic E-state index is 14.7. The molecule has 4 nitrogen and oxygen atoms in total. The quantitative estimate of drug-likeness (QED) is 0.136. The van der Waals surface area contributed by atoms with Crippen molar-refractivity contribution in [3.05, 3.63) is 76.4 Å². The lowest BCUT2D eigenvalue weighted by molar-refractivity contribution is -0.176. The number of fused-ring (bicyclic) bond motifs is 2. The van der Waals surface area contributed by atoms with E-state index < -0.39 is 27.8 Å². The first kappa shape index (κ1) is 28.6. The van der Waals surface area contributed by atoms with E-state index in [2.05, 4.69) is 6.08 Å². The van der Waals surface area contributed by atoms with Crippen molar-refractivity contribution in [3.8, 4) is 0 Å². The molecule has 2 bridgehead atoms. The molecule has 0 saturated heterocycles. The van der Waals surface area contributed by atoms with E-state index in [4.69, 9.17) is 0 Å². The monoisotopic (exact) mass is 502 g/mol. The molecule has 4 heteroatoms. The van der Waals surface area contributed by atoms with Gasteiger partial charge in [0.25, 0.3) is 0 Å². The van der Waals surface area contributed by atoms with Crippen molar-refractivity contribution < 1.29 is 19.5 Å². The first-order chi connectivity index (χ1) is 17.2. The molecule has 0 aliphatic heterocycles. The van der Waals surface area contributed by atoms with Crippen LogP contribution in [0.5, 0.6) is 0 Å². The molecular formula is C33H42O4. The molecule has 37 heavy (non-hydrogen) atoms. The van der Waals surface area contributed by atoms with Gasteiger partial charge in [0.15, 0.2) is 17.3 Å². The van der Waals surface area contributed by atoms with Gasteiger partial charge in [-0.05, 0) is 78.6 Å². The Morgan fingerprint density at radius 1 is 0.838 bits per heavy atom. The minimum absolute atomic E-state index is 0.0652. The van der Waals surface area contributed by atoms with Crippen molar-refractivity contribution in [2.45, 2.75) is 81.1 Å². The molecule has 198 valence electrons. The van der Waals surface area contributed by atoms with Gasteiger partial charge < -0.3 is 5.11 Å². The second kappa shape index (κ2) is 10.4. The summed E-state index contributed by atoms with van der Waals surface area (Å²) < 4.78 is 0. The van der Waals surface area contributed by atoms with Crippen LogP contribution in [0.15, 0.2) is 70.9 Å². The number of carbonyl (C=O) groups excluding carboxylic acids is 3. The van der Waals surface area contributed by atoms with Gasteiger partial charge in [-0.2, -0.15) is 0 Å². The van der Waals surface area contributed by atoms with E-state index in [1.807, 2.05) is 73.6 Å². The Hall–Kier alpha value is -3.01. The summed E-state index contributed by atoms with van der Waals surface area (Å²) >= 11 is 0. The lowest BCUT2D eigenvalue weighted by atomic mass is 9.38. The zero-order chi connectivity index (χ0) is 27.8. The predicted molar refractivity (Wildman–Crippen MR) is 150 cm³/mol. The van der Waals surface area contributed by atoms with Crippen molar-refractivity contribution in [1.82, 2.24) is 0 Å². The van der Waals surface area contributed by atoms with Crippen molar-refractivity contribution in [2.24, 2.45) is 22.2 Å². The van der Waals surface area contributed by atoms with E-state index >= 15 is 0 Å². The number of aliphatic hydroxyl groups excluding tert-OH is 1. The van der Waals surface area contributed by atoms with Gasteiger partial charge in [0.05, 0.1) is 5.41 Å². The highest BCUT2D eigenvalue weighted by Crippen LogP contribution is 2.65. The van der Waals surface area contributed by atoms with Crippen LogP contribution in [0, 0.1) is 22.2 Å². The van der Waals surface area contributed by atoms with Gasteiger partial charge in [-0.15, -0.1) is 0 Å². The molecule has 2 saturated carbocycles. The zero-order valence-electron chi connectivity index (χ0n) is 23.7. The zero-order valence-corrected chi connectivity index (χ0v) is 23.7. The molecule has 1 aromatic carbocycles. The van der Waals surface area contributed by atoms with Crippen molar-refractivity contribution in [2.75, 3.05) is 0 Å². The Morgan fingerprint density at radius 2 is 1.38 bits per heavy atom. The number of hydrogen-bond donors (Lipinski definition) is 1. The number of Topliss-reactive ketones (excluding diaryl/α,β-unsaturated/α-hetero) is 3. The Labute approximate surface area is 222 Å². The summed E-state index contributed by atoms with van der Waals surface area (Å²) in [7, 11) is 0. The number of allylic oxidation sites excluding steroid dienone is 7. The first-order valence-corrected chi connectivity index (χ1v) is 13.3. The summed E-state index contributed by atoms with van der Waals surface area (Å²) in [6.07, 6.45) is 7.49. The standard InChI is InChI=1S/C33H42O4/c1-21(2)14-15-25-20-32(18-16-22(3)4)28(35)26(27(34)24-12-10-9-11-13-24)29(36)33(30(32)37,31(25,7)8)19-17-23(5)6/h9-14,16-17,25,34H,15,18-20H2,1-8H3/t25-,32+,33+/m0/s1. The van der Waals surface area contributed by atoms with E-state index in [0.29, 0.717) is 18.4 Å². The Kier molecular flexibility index (Phi) is 8.02. The molecular weight excluding hydrogens is 460 g/mol. The van der Waals surface area contributed by atoms with Crippen molar-refractivity contribution >= 4 is 23.1 Å². The summed E-state index contributed by atoms with van der Waals surface area (Å²) in [6, 6.07) is 8.70. The highest BCUT2D eigenvalue weighted by Gasteiger charge is 2.73. The van der Waals surface area contributed by atoms with Crippen LogP contribution in [0.2, 0.25) is 0 Å². The van der Waals surface area contributed by atoms with E-state index in [1.165, 1.54) is 0 Å². The molecule has 0 radical (unpaired) electrons. The normalized spacial score (nSPS) is 27.9. The fraction of sp³-hybridized carbons (Fsp3) is 0.485. The Bertz CT molecular complexity index is 1210. The van der Waals surface area contributed by atoms with Gasteiger partial charge in [-0.3, -0.25) is 14.4 Å². The molecule has 3 rings (SSSR count). The van der Waals surface area contributed by atoms with E-state index in [0.717, 1.165) is 16.7 Å². The summed E-state index contributed by atoms with van der Waals surface area (Å²) in [5.74, 6) is -1.75. The van der Waals surface area contributed by atoms with E-state index in [-0.39, 0.29) is 35.9 Å². The second-order valence-electron chi connectivity index (χ2n) is 12.2.